The number of nitrogens with zero attached hydrogens (tertiary/aromatic N) is 2. The smallest absolute Gasteiger partial charge is 0.138 e. The maximum Gasteiger partial charge on any atom is 0.138 e. The van der Waals surface area contributed by atoms with Crippen molar-refractivity contribution in [1.29, 1.82) is 0 Å². The molecule has 26 heavy (non-hydrogen) atoms. The van der Waals surface area contributed by atoms with Crippen molar-refractivity contribution in [2.75, 3.05) is 25.0 Å². The van der Waals surface area contributed by atoms with Crippen molar-refractivity contribution in [2.45, 2.75) is 32.8 Å². The molecule has 6 heteroatoms. The molecule has 0 saturated heterocycles. The summed E-state index contributed by atoms with van der Waals surface area (Å²) in [7, 11) is 0. The molecule has 2 aromatic heterocycles. The zero-order valence-electron chi connectivity index (χ0n) is 15.2. The van der Waals surface area contributed by atoms with E-state index < -0.39 is 0 Å². The summed E-state index contributed by atoms with van der Waals surface area (Å²) in [5.74, 6) is 1.70. The molecule has 0 spiro atoms. The van der Waals surface area contributed by atoms with Gasteiger partial charge < -0.3 is 15.8 Å². The third kappa shape index (κ3) is 3.20. The quantitative estimate of drug-likeness (QED) is 0.721. The molecular weight excluding hydrogens is 344 g/mol. The molecule has 1 aromatic carbocycles. The molecule has 1 atom stereocenters. The minimum atomic E-state index is 0.0444. The van der Waals surface area contributed by atoms with E-state index in [-0.39, 0.29) is 6.10 Å². The zero-order chi connectivity index (χ0) is 18.1. The first-order valence-electron chi connectivity index (χ1n) is 9.07. The van der Waals surface area contributed by atoms with E-state index in [0.717, 1.165) is 34.9 Å². The second-order valence-electron chi connectivity index (χ2n) is 6.68. The van der Waals surface area contributed by atoms with Gasteiger partial charge in [-0.05, 0) is 43.5 Å². The number of rotatable bonds is 5. The number of hydrogen-bond donors (Lipinski definition) is 2. The number of benzene rings is 1. The predicted molar refractivity (Wildman–Crippen MR) is 107 cm³/mol. The summed E-state index contributed by atoms with van der Waals surface area (Å²) in [5.41, 5.74) is 9.62. The van der Waals surface area contributed by atoms with Crippen molar-refractivity contribution in [3.63, 3.8) is 0 Å². The van der Waals surface area contributed by atoms with Crippen LogP contribution in [0.25, 0.3) is 10.2 Å². The van der Waals surface area contributed by atoms with Gasteiger partial charge in [0.25, 0.3) is 0 Å². The zero-order valence-corrected chi connectivity index (χ0v) is 16.0. The number of ether oxygens (including phenoxy) is 1. The van der Waals surface area contributed by atoms with E-state index in [1.807, 2.05) is 0 Å². The Morgan fingerprint density at radius 1 is 1.27 bits per heavy atom. The second-order valence-corrected chi connectivity index (χ2v) is 7.88. The number of nitrogens with one attached hydrogen (secondary N) is 1. The SMILES string of the molecule is Cc1sc2nc(CCN)nc(NC[C@@H]3OCCc4ccccc43)c2c1C. The Hall–Kier alpha value is -2.02. The average Bonchev–Trinajstić information content (AvgIpc) is 2.94. The van der Waals surface area contributed by atoms with Gasteiger partial charge in [-0.3, -0.25) is 0 Å². The van der Waals surface area contributed by atoms with Crippen LogP contribution in [0, 0.1) is 13.8 Å². The molecule has 0 aliphatic carbocycles. The fraction of sp³-hybridized carbons (Fsp3) is 0.400. The van der Waals surface area contributed by atoms with E-state index in [0.29, 0.717) is 19.5 Å². The molecule has 3 aromatic rings. The highest BCUT2D eigenvalue weighted by atomic mass is 32.1. The van der Waals surface area contributed by atoms with Crippen LogP contribution >= 0.6 is 11.3 Å². The van der Waals surface area contributed by atoms with Gasteiger partial charge in [-0.15, -0.1) is 11.3 Å². The molecule has 3 heterocycles. The standard InChI is InChI=1S/C20H24N4OS/c1-12-13(2)26-20-18(12)19(23-17(24-20)7-9-21)22-11-16-15-6-4-3-5-14(15)8-10-25-16/h3-6,16H,7-11,21H2,1-2H3,(H,22,23,24)/t16-/m0/s1. The van der Waals surface area contributed by atoms with Crippen molar-refractivity contribution in [1.82, 2.24) is 9.97 Å². The number of anilines is 1. The molecule has 0 radical (unpaired) electrons. The fourth-order valence-corrected chi connectivity index (χ4v) is 4.55. The summed E-state index contributed by atoms with van der Waals surface area (Å²) >= 11 is 1.72. The van der Waals surface area contributed by atoms with Gasteiger partial charge in [0.1, 0.15) is 16.5 Å². The second kappa shape index (κ2) is 7.31. The van der Waals surface area contributed by atoms with E-state index in [9.17, 15) is 0 Å². The highest BCUT2D eigenvalue weighted by molar-refractivity contribution is 7.18. The van der Waals surface area contributed by atoms with E-state index in [2.05, 4.69) is 43.4 Å². The summed E-state index contributed by atoms with van der Waals surface area (Å²) in [6, 6.07) is 8.53. The Kier molecular flexibility index (Phi) is 4.89. The number of thiophene rings is 1. The van der Waals surface area contributed by atoms with Crippen LogP contribution in [0.1, 0.15) is 33.5 Å². The van der Waals surface area contributed by atoms with Crippen LogP contribution in [0.4, 0.5) is 5.82 Å². The van der Waals surface area contributed by atoms with Gasteiger partial charge in [-0.1, -0.05) is 24.3 Å². The monoisotopic (exact) mass is 368 g/mol. The molecule has 0 bridgehead atoms. The lowest BCUT2D eigenvalue weighted by molar-refractivity contribution is 0.0513. The topological polar surface area (TPSA) is 73.1 Å². The largest absolute Gasteiger partial charge is 0.371 e. The Morgan fingerprint density at radius 3 is 2.96 bits per heavy atom. The van der Waals surface area contributed by atoms with Crippen LogP contribution in [0.15, 0.2) is 24.3 Å². The van der Waals surface area contributed by atoms with Crippen molar-refractivity contribution >= 4 is 27.4 Å². The number of nitrogens with two attached hydrogens (primary N) is 1. The molecule has 0 unspecified atom stereocenters. The third-order valence-corrected chi connectivity index (χ3v) is 6.09. The number of hydrogen-bond acceptors (Lipinski definition) is 6. The summed E-state index contributed by atoms with van der Waals surface area (Å²) < 4.78 is 6.03. The van der Waals surface area contributed by atoms with Crippen LogP contribution in [0.2, 0.25) is 0 Å². The van der Waals surface area contributed by atoms with Crippen LogP contribution in [-0.2, 0) is 17.6 Å². The van der Waals surface area contributed by atoms with Gasteiger partial charge in [-0.2, -0.15) is 0 Å². The first-order chi connectivity index (χ1) is 12.7. The molecule has 4 rings (SSSR count). The van der Waals surface area contributed by atoms with E-state index >= 15 is 0 Å². The average molecular weight is 369 g/mol. The summed E-state index contributed by atoms with van der Waals surface area (Å²) in [6.45, 7) is 6.27. The first kappa shape index (κ1) is 17.4. The molecular formula is C20H24N4OS. The lowest BCUT2D eigenvalue weighted by Gasteiger charge is -2.26. The molecule has 136 valence electrons. The van der Waals surface area contributed by atoms with Gasteiger partial charge in [-0.25, -0.2) is 9.97 Å². The number of fused-ring (bicyclic) bond motifs is 2. The number of aromatic nitrogens is 2. The van der Waals surface area contributed by atoms with Gasteiger partial charge in [0.05, 0.1) is 18.1 Å². The molecule has 0 fully saturated rings. The van der Waals surface area contributed by atoms with Crippen LogP contribution in [0.3, 0.4) is 0 Å². The van der Waals surface area contributed by atoms with Crippen LogP contribution in [0.5, 0.6) is 0 Å². The Labute approximate surface area is 157 Å². The molecule has 1 aliphatic rings. The van der Waals surface area contributed by atoms with Crippen molar-refractivity contribution < 1.29 is 4.74 Å². The van der Waals surface area contributed by atoms with Crippen molar-refractivity contribution in [3.8, 4) is 0 Å². The third-order valence-electron chi connectivity index (χ3n) is 4.99. The fourth-order valence-electron chi connectivity index (χ4n) is 3.50. The Bertz CT molecular complexity index is 937. The highest BCUT2D eigenvalue weighted by Crippen LogP contribution is 2.34. The lowest BCUT2D eigenvalue weighted by Crippen LogP contribution is -2.23. The summed E-state index contributed by atoms with van der Waals surface area (Å²) in [5, 5.41) is 4.66. The normalized spacial score (nSPS) is 16.7. The molecule has 3 N–H and O–H groups in total. The van der Waals surface area contributed by atoms with Gasteiger partial charge in [0.2, 0.25) is 0 Å². The summed E-state index contributed by atoms with van der Waals surface area (Å²) in [6.07, 6.45) is 1.71. The Morgan fingerprint density at radius 2 is 2.12 bits per heavy atom. The van der Waals surface area contributed by atoms with Gasteiger partial charge in [0, 0.05) is 17.8 Å². The van der Waals surface area contributed by atoms with E-state index in [1.165, 1.54) is 21.6 Å². The van der Waals surface area contributed by atoms with Gasteiger partial charge >= 0.3 is 0 Å². The van der Waals surface area contributed by atoms with E-state index in [1.54, 1.807) is 11.3 Å². The lowest BCUT2D eigenvalue weighted by atomic mass is 9.97. The predicted octanol–water partition coefficient (Wildman–Crippen LogP) is 3.54. The molecule has 5 nitrogen and oxygen atoms in total. The van der Waals surface area contributed by atoms with Crippen molar-refractivity contribution in [3.05, 3.63) is 51.7 Å². The minimum absolute atomic E-state index is 0.0444. The maximum absolute atomic E-state index is 6.03. The Balaban J connectivity index is 1.65. The molecule has 1 aliphatic heterocycles. The van der Waals surface area contributed by atoms with Crippen LogP contribution in [-0.4, -0.2) is 29.7 Å². The number of aryl methyl sites for hydroxylation is 2. The van der Waals surface area contributed by atoms with Gasteiger partial charge in [0.15, 0.2) is 0 Å². The molecule has 0 amide bonds. The minimum Gasteiger partial charge on any atom is -0.371 e. The first-order valence-corrected chi connectivity index (χ1v) is 9.89. The highest BCUT2D eigenvalue weighted by Gasteiger charge is 2.21. The summed E-state index contributed by atoms with van der Waals surface area (Å²) in [4.78, 5) is 11.8. The van der Waals surface area contributed by atoms with Crippen LogP contribution < -0.4 is 11.1 Å². The van der Waals surface area contributed by atoms with Crippen molar-refractivity contribution in [2.24, 2.45) is 5.73 Å². The maximum atomic E-state index is 6.03. The molecule has 0 saturated carbocycles. The van der Waals surface area contributed by atoms with E-state index in [4.69, 9.17) is 20.4 Å².